The third-order valence-corrected chi connectivity index (χ3v) is 4.42. The summed E-state index contributed by atoms with van der Waals surface area (Å²) < 4.78 is 21.8. The van der Waals surface area contributed by atoms with Crippen molar-refractivity contribution in [2.45, 2.75) is 19.8 Å². The predicted molar refractivity (Wildman–Crippen MR) is 87.3 cm³/mol. The standard InChI is InChI=1S/C12H19N5O2S2/c1-2-5-15-12-16-10(9-4-7-20-11(9)17-12)14-6-3-8-21(13,18)19/h4,7H,2-3,5-6,8H2,1H3,(H2,13,18,19)(H2,14,15,16,17). The van der Waals surface area contributed by atoms with E-state index in [1.54, 1.807) is 11.3 Å². The summed E-state index contributed by atoms with van der Waals surface area (Å²) in [5.41, 5.74) is 0. The zero-order valence-corrected chi connectivity index (χ0v) is 13.4. The molecule has 0 unspecified atom stereocenters. The summed E-state index contributed by atoms with van der Waals surface area (Å²) in [5, 5.41) is 14.2. The number of fused-ring (bicyclic) bond motifs is 1. The molecule has 116 valence electrons. The van der Waals surface area contributed by atoms with E-state index in [0.29, 0.717) is 24.7 Å². The molecule has 0 amide bonds. The minimum Gasteiger partial charge on any atom is -0.369 e. The van der Waals surface area contributed by atoms with Crippen LogP contribution in [0, 0.1) is 0 Å². The van der Waals surface area contributed by atoms with Crippen molar-refractivity contribution in [2.75, 3.05) is 29.5 Å². The molecule has 2 aromatic rings. The van der Waals surface area contributed by atoms with Crippen LogP contribution in [0.5, 0.6) is 0 Å². The van der Waals surface area contributed by atoms with E-state index in [2.05, 4.69) is 27.5 Å². The lowest BCUT2D eigenvalue weighted by Crippen LogP contribution is -2.19. The van der Waals surface area contributed by atoms with Crippen molar-refractivity contribution in [1.29, 1.82) is 0 Å². The van der Waals surface area contributed by atoms with Crippen molar-refractivity contribution in [3.63, 3.8) is 0 Å². The van der Waals surface area contributed by atoms with Crippen LogP contribution < -0.4 is 15.8 Å². The number of hydrogen-bond acceptors (Lipinski definition) is 7. The molecule has 2 rings (SSSR count). The fraction of sp³-hybridized carbons (Fsp3) is 0.500. The SMILES string of the molecule is CCCNc1nc(NCCCS(N)(=O)=O)c2ccsc2n1. The summed E-state index contributed by atoms with van der Waals surface area (Å²) in [5.74, 6) is 1.26. The van der Waals surface area contributed by atoms with Crippen LogP contribution in [0.3, 0.4) is 0 Å². The molecule has 0 aliphatic heterocycles. The molecule has 0 aliphatic rings. The van der Waals surface area contributed by atoms with E-state index in [1.165, 1.54) is 0 Å². The first-order chi connectivity index (χ1) is 9.99. The number of rotatable bonds is 8. The lowest BCUT2D eigenvalue weighted by Gasteiger charge is -2.09. The molecule has 0 radical (unpaired) electrons. The van der Waals surface area contributed by atoms with Gasteiger partial charge in [-0.05, 0) is 24.3 Å². The zero-order valence-electron chi connectivity index (χ0n) is 11.8. The van der Waals surface area contributed by atoms with Gasteiger partial charge in [-0.2, -0.15) is 4.98 Å². The van der Waals surface area contributed by atoms with Gasteiger partial charge in [-0.1, -0.05) is 6.92 Å². The largest absolute Gasteiger partial charge is 0.369 e. The second-order valence-corrected chi connectivity index (χ2v) is 7.24. The van der Waals surface area contributed by atoms with E-state index < -0.39 is 10.0 Å². The van der Waals surface area contributed by atoms with Gasteiger partial charge in [0, 0.05) is 13.1 Å². The summed E-state index contributed by atoms with van der Waals surface area (Å²) in [6.07, 6.45) is 1.43. The number of hydrogen-bond donors (Lipinski definition) is 3. The Morgan fingerprint density at radius 1 is 1.29 bits per heavy atom. The summed E-state index contributed by atoms with van der Waals surface area (Å²) in [7, 11) is -3.41. The first-order valence-corrected chi connectivity index (χ1v) is 9.32. The number of nitrogens with two attached hydrogens (primary N) is 1. The summed E-state index contributed by atoms with van der Waals surface area (Å²) in [6.45, 7) is 3.37. The number of thiophene rings is 1. The second-order valence-electron chi connectivity index (χ2n) is 4.61. The van der Waals surface area contributed by atoms with E-state index in [4.69, 9.17) is 5.14 Å². The van der Waals surface area contributed by atoms with Crippen LogP contribution >= 0.6 is 11.3 Å². The predicted octanol–water partition coefficient (Wildman–Crippen LogP) is 1.60. The summed E-state index contributed by atoms with van der Waals surface area (Å²) in [4.78, 5) is 9.78. The molecule has 0 fully saturated rings. The molecular formula is C12H19N5O2S2. The van der Waals surface area contributed by atoms with Crippen LogP contribution in [-0.4, -0.2) is 37.2 Å². The average molecular weight is 329 g/mol. The molecule has 0 aromatic carbocycles. The molecule has 2 aromatic heterocycles. The molecular weight excluding hydrogens is 310 g/mol. The van der Waals surface area contributed by atoms with Crippen LogP contribution in [0.2, 0.25) is 0 Å². The third-order valence-electron chi connectivity index (χ3n) is 2.76. The number of aromatic nitrogens is 2. The lowest BCUT2D eigenvalue weighted by molar-refractivity contribution is 0.596. The molecule has 0 saturated carbocycles. The van der Waals surface area contributed by atoms with E-state index >= 15 is 0 Å². The molecule has 4 N–H and O–H groups in total. The van der Waals surface area contributed by atoms with Crippen LogP contribution in [0.15, 0.2) is 11.4 Å². The van der Waals surface area contributed by atoms with Gasteiger partial charge in [0.2, 0.25) is 16.0 Å². The van der Waals surface area contributed by atoms with Gasteiger partial charge in [0.15, 0.2) is 0 Å². The monoisotopic (exact) mass is 329 g/mol. The van der Waals surface area contributed by atoms with Crippen molar-refractivity contribution in [3.05, 3.63) is 11.4 Å². The van der Waals surface area contributed by atoms with Crippen LogP contribution in [0.4, 0.5) is 11.8 Å². The van der Waals surface area contributed by atoms with Gasteiger partial charge in [-0.3, -0.25) is 0 Å². The van der Waals surface area contributed by atoms with E-state index in [9.17, 15) is 8.42 Å². The highest BCUT2D eigenvalue weighted by molar-refractivity contribution is 7.89. The van der Waals surface area contributed by atoms with Crippen LogP contribution in [0.1, 0.15) is 19.8 Å². The molecule has 21 heavy (non-hydrogen) atoms. The average Bonchev–Trinajstić information content (AvgIpc) is 2.88. The lowest BCUT2D eigenvalue weighted by atomic mass is 10.3. The third kappa shape index (κ3) is 4.80. The summed E-state index contributed by atoms with van der Waals surface area (Å²) in [6, 6.07) is 1.95. The van der Waals surface area contributed by atoms with Gasteiger partial charge in [-0.25, -0.2) is 18.5 Å². The van der Waals surface area contributed by atoms with Crippen molar-refractivity contribution in [1.82, 2.24) is 9.97 Å². The number of anilines is 2. The Bertz CT molecular complexity index is 699. The minimum absolute atomic E-state index is 0.0429. The first kappa shape index (κ1) is 15.9. The van der Waals surface area contributed by atoms with Gasteiger partial charge >= 0.3 is 0 Å². The fourth-order valence-corrected chi connectivity index (χ4v) is 3.10. The van der Waals surface area contributed by atoms with Crippen LogP contribution in [-0.2, 0) is 10.0 Å². The number of nitrogens with one attached hydrogen (secondary N) is 2. The quantitative estimate of drug-likeness (QED) is 0.635. The molecule has 2 heterocycles. The smallest absolute Gasteiger partial charge is 0.226 e. The molecule has 7 nitrogen and oxygen atoms in total. The molecule has 0 saturated heterocycles. The molecule has 9 heteroatoms. The van der Waals surface area contributed by atoms with Crippen molar-refractivity contribution < 1.29 is 8.42 Å². The molecule has 0 aliphatic carbocycles. The van der Waals surface area contributed by atoms with Gasteiger partial charge in [0.1, 0.15) is 10.6 Å². The Kier molecular flexibility index (Phi) is 5.32. The van der Waals surface area contributed by atoms with Crippen molar-refractivity contribution in [2.24, 2.45) is 5.14 Å². The molecule has 0 atom stereocenters. The van der Waals surface area contributed by atoms with E-state index in [-0.39, 0.29) is 5.75 Å². The number of nitrogens with zero attached hydrogens (tertiary/aromatic N) is 2. The Morgan fingerprint density at radius 3 is 2.81 bits per heavy atom. The second kappa shape index (κ2) is 7.01. The highest BCUT2D eigenvalue weighted by atomic mass is 32.2. The van der Waals surface area contributed by atoms with Crippen LogP contribution in [0.25, 0.3) is 10.2 Å². The van der Waals surface area contributed by atoms with Gasteiger partial charge in [-0.15, -0.1) is 11.3 Å². The molecule has 0 spiro atoms. The normalized spacial score (nSPS) is 11.7. The van der Waals surface area contributed by atoms with Gasteiger partial charge in [0.05, 0.1) is 11.1 Å². The number of sulfonamides is 1. The number of primary sulfonamides is 1. The maximum absolute atomic E-state index is 10.9. The summed E-state index contributed by atoms with van der Waals surface area (Å²) >= 11 is 1.55. The fourth-order valence-electron chi connectivity index (χ4n) is 1.79. The van der Waals surface area contributed by atoms with Crippen molar-refractivity contribution >= 4 is 43.3 Å². The van der Waals surface area contributed by atoms with E-state index in [1.807, 2.05) is 11.4 Å². The Hall–Kier alpha value is -1.45. The minimum atomic E-state index is -3.41. The van der Waals surface area contributed by atoms with Gasteiger partial charge < -0.3 is 10.6 Å². The highest BCUT2D eigenvalue weighted by Gasteiger charge is 2.09. The van der Waals surface area contributed by atoms with Gasteiger partial charge in [0.25, 0.3) is 0 Å². The Labute approximate surface area is 128 Å². The van der Waals surface area contributed by atoms with E-state index in [0.717, 1.165) is 23.2 Å². The van der Waals surface area contributed by atoms with Crippen molar-refractivity contribution in [3.8, 4) is 0 Å². The first-order valence-electron chi connectivity index (χ1n) is 6.73. The Balaban J connectivity index is 2.08. The highest BCUT2D eigenvalue weighted by Crippen LogP contribution is 2.26. The zero-order chi connectivity index (χ0) is 15.3. The Morgan fingerprint density at radius 2 is 2.10 bits per heavy atom. The maximum atomic E-state index is 10.9. The molecule has 0 bridgehead atoms. The topological polar surface area (TPSA) is 110 Å². The maximum Gasteiger partial charge on any atom is 0.226 e.